The first-order valence-electron chi connectivity index (χ1n) is 7.31. The predicted molar refractivity (Wildman–Crippen MR) is 93.9 cm³/mol. The van der Waals surface area contributed by atoms with Crippen LogP contribution in [0.15, 0.2) is 77.8 Å². The standard InChI is InChI=1S/C19H14N2O3/c22-16-8-5-7-14(12-16)17-9-2-3-10-18(17)20-13-15-6-1-4-11-19(15)21(23)24/h1-13,22H/b20-13+. The van der Waals surface area contributed by atoms with Crippen LogP contribution in [0.4, 0.5) is 11.4 Å². The minimum absolute atomic E-state index is 0.0103. The summed E-state index contributed by atoms with van der Waals surface area (Å²) in [6.07, 6.45) is 1.49. The number of hydrogen-bond donors (Lipinski definition) is 1. The number of nitro benzene ring substituents is 1. The highest BCUT2D eigenvalue weighted by Crippen LogP contribution is 2.32. The molecule has 0 aliphatic carbocycles. The smallest absolute Gasteiger partial charge is 0.278 e. The molecular weight excluding hydrogens is 304 g/mol. The fourth-order valence-electron chi connectivity index (χ4n) is 2.41. The highest BCUT2D eigenvalue weighted by Gasteiger charge is 2.10. The first-order chi connectivity index (χ1) is 11.6. The third-order valence-electron chi connectivity index (χ3n) is 3.54. The van der Waals surface area contributed by atoms with Gasteiger partial charge >= 0.3 is 0 Å². The zero-order valence-corrected chi connectivity index (χ0v) is 12.7. The Hall–Kier alpha value is -3.47. The van der Waals surface area contributed by atoms with Gasteiger partial charge in [-0.05, 0) is 29.8 Å². The Morgan fingerprint density at radius 3 is 2.50 bits per heavy atom. The van der Waals surface area contributed by atoms with Gasteiger partial charge in [0, 0.05) is 17.8 Å². The van der Waals surface area contributed by atoms with E-state index in [9.17, 15) is 15.2 Å². The normalized spacial score (nSPS) is 10.8. The highest BCUT2D eigenvalue weighted by atomic mass is 16.6. The Labute approximate surface area is 138 Å². The second kappa shape index (κ2) is 6.75. The van der Waals surface area contributed by atoms with Crippen molar-refractivity contribution < 1.29 is 10.0 Å². The Bertz CT molecular complexity index is 920. The molecule has 0 unspecified atom stereocenters. The number of benzene rings is 3. The van der Waals surface area contributed by atoms with E-state index in [1.54, 1.807) is 36.4 Å². The molecule has 0 atom stereocenters. The van der Waals surface area contributed by atoms with E-state index in [0.29, 0.717) is 11.3 Å². The molecule has 0 spiro atoms. The van der Waals surface area contributed by atoms with Crippen molar-refractivity contribution in [3.63, 3.8) is 0 Å². The third-order valence-corrected chi connectivity index (χ3v) is 3.54. The summed E-state index contributed by atoms with van der Waals surface area (Å²) in [5.74, 6) is 0.171. The van der Waals surface area contributed by atoms with Gasteiger partial charge in [-0.1, -0.05) is 42.5 Å². The third kappa shape index (κ3) is 3.30. The number of nitrogens with zero attached hydrogens (tertiary/aromatic N) is 2. The summed E-state index contributed by atoms with van der Waals surface area (Å²) in [6.45, 7) is 0. The summed E-state index contributed by atoms with van der Waals surface area (Å²) in [6, 6.07) is 20.8. The number of rotatable bonds is 4. The monoisotopic (exact) mass is 318 g/mol. The van der Waals surface area contributed by atoms with Gasteiger partial charge in [0.1, 0.15) is 5.75 Å². The summed E-state index contributed by atoms with van der Waals surface area (Å²) < 4.78 is 0. The van der Waals surface area contributed by atoms with E-state index < -0.39 is 4.92 Å². The first kappa shape index (κ1) is 15.4. The van der Waals surface area contributed by atoms with Crippen molar-refractivity contribution in [3.8, 4) is 16.9 Å². The molecule has 118 valence electrons. The number of hydrogen-bond acceptors (Lipinski definition) is 4. The molecule has 0 saturated carbocycles. The SMILES string of the molecule is O=[N+]([O-])c1ccccc1/C=N/c1ccccc1-c1cccc(O)c1. The fraction of sp³-hybridized carbons (Fsp3) is 0. The predicted octanol–water partition coefficient (Wildman–Crippen LogP) is 4.72. The average Bonchev–Trinajstić information content (AvgIpc) is 2.60. The van der Waals surface area contributed by atoms with E-state index in [4.69, 9.17) is 0 Å². The van der Waals surface area contributed by atoms with Gasteiger partial charge in [0.25, 0.3) is 5.69 Å². The molecular formula is C19H14N2O3. The Morgan fingerprint density at radius 2 is 1.71 bits per heavy atom. The van der Waals surface area contributed by atoms with Crippen LogP contribution in [0.3, 0.4) is 0 Å². The van der Waals surface area contributed by atoms with Crippen LogP contribution < -0.4 is 0 Å². The van der Waals surface area contributed by atoms with Crippen molar-refractivity contribution in [2.75, 3.05) is 0 Å². The molecule has 0 radical (unpaired) electrons. The Balaban J connectivity index is 2.02. The second-order valence-electron chi connectivity index (χ2n) is 5.14. The van der Waals surface area contributed by atoms with Crippen LogP contribution in [-0.4, -0.2) is 16.2 Å². The summed E-state index contributed by atoms with van der Waals surface area (Å²) in [7, 11) is 0. The first-order valence-corrected chi connectivity index (χ1v) is 7.31. The quantitative estimate of drug-likeness (QED) is 0.429. The number of aromatic hydroxyl groups is 1. The Morgan fingerprint density at radius 1 is 0.958 bits per heavy atom. The van der Waals surface area contributed by atoms with Crippen molar-refractivity contribution in [1.82, 2.24) is 0 Å². The number of phenolic OH excluding ortho intramolecular Hbond substituents is 1. The molecule has 5 heteroatoms. The van der Waals surface area contributed by atoms with Crippen LogP contribution in [0.2, 0.25) is 0 Å². The molecule has 0 bridgehead atoms. The number of phenols is 1. The van der Waals surface area contributed by atoms with Crippen LogP contribution in [0.5, 0.6) is 5.75 Å². The maximum Gasteiger partial charge on any atom is 0.278 e. The molecule has 0 fully saturated rings. The second-order valence-corrected chi connectivity index (χ2v) is 5.14. The van der Waals surface area contributed by atoms with Crippen molar-refractivity contribution in [3.05, 3.63) is 88.5 Å². The minimum Gasteiger partial charge on any atom is -0.508 e. The number of aliphatic imine (C=N–C) groups is 1. The number of para-hydroxylation sites is 2. The summed E-state index contributed by atoms with van der Waals surface area (Å²) >= 11 is 0. The van der Waals surface area contributed by atoms with Crippen molar-refractivity contribution >= 4 is 17.6 Å². The highest BCUT2D eigenvalue weighted by molar-refractivity contribution is 5.89. The zero-order chi connectivity index (χ0) is 16.9. The molecule has 0 heterocycles. The molecule has 0 amide bonds. The van der Waals surface area contributed by atoms with E-state index in [1.165, 1.54) is 12.3 Å². The van der Waals surface area contributed by atoms with Gasteiger partial charge in [0.05, 0.1) is 16.2 Å². The molecule has 0 aliphatic rings. The molecule has 3 aromatic rings. The van der Waals surface area contributed by atoms with Crippen LogP contribution in [0.25, 0.3) is 11.1 Å². The molecule has 0 saturated heterocycles. The van der Waals surface area contributed by atoms with E-state index in [1.807, 2.05) is 30.3 Å². The Kier molecular flexibility index (Phi) is 4.34. The lowest BCUT2D eigenvalue weighted by Crippen LogP contribution is -1.93. The fourth-order valence-corrected chi connectivity index (χ4v) is 2.41. The molecule has 1 N–H and O–H groups in total. The lowest BCUT2D eigenvalue weighted by Gasteiger charge is -2.06. The lowest BCUT2D eigenvalue weighted by molar-refractivity contribution is -0.385. The van der Waals surface area contributed by atoms with Gasteiger partial charge in [0.2, 0.25) is 0 Å². The van der Waals surface area contributed by atoms with Crippen LogP contribution in [-0.2, 0) is 0 Å². The topological polar surface area (TPSA) is 75.7 Å². The molecule has 5 nitrogen and oxygen atoms in total. The maximum atomic E-state index is 11.1. The van der Waals surface area contributed by atoms with Gasteiger partial charge in [-0.3, -0.25) is 15.1 Å². The van der Waals surface area contributed by atoms with Crippen LogP contribution in [0, 0.1) is 10.1 Å². The molecule has 0 aliphatic heterocycles. The summed E-state index contributed by atoms with van der Waals surface area (Å²) in [5.41, 5.74) is 2.78. The van der Waals surface area contributed by atoms with E-state index in [2.05, 4.69) is 4.99 Å². The average molecular weight is 318 g/mol. The number of nitro groups is 1. The maximum absolute atomic E-state index is 11.1. The van der Waals surface area contributed by atoms with Gasteiger partial charge in [-0.15, -0.1) is 0 Å². The molecule has 0 aromatic heterocycles. The van der Waals surface area contributed by atoms with Crippen molar-refractivity contribution in [2.45, 2.75) is 0 Å². The van der Waals surface area contributed by atoms with E-state index in [-0.39, 0.29) is 11.4 Å². The van der Waals surface area contributed by atoms with Crippen molar-refractivity contribution in [1.29, 1.82) is 0 Å². The van der Waals surface area contributed by atoms with E-state index >= 15 is 0 Å². The summed E-state index contributed by atoms with van der Waals surface area (Å²) in [5, 5.41) is 20.7. The largest absolute Gasteiger partial charge is 0.508 e. The van der Waals surface area contributed by atoms with Gasteiger partial charge in [-0.25, -0.2) is 0 Å². The van der Waals surface area contributed by atoms with Crippen molar-refractivity contribution in [2.24, 2.45) is 4.99 Å². The molecule has 3 rings (SSSR count). The molecule has 24 heavy (non-hydrogen) atoms. The minimum atomic E-state index is -0.428. The van der Waals surface area contributed by atoms with E-state index in [0.717, 1.165) is 11.1 Å². The summed E-state index contributed by atoms with van der Waals surface area (Å²) in [4.78, 5) is 15.1. The molecule has 3 aromatic carbocycles. The van der Waals surface area contributed by atoms with Crippen LogP contribution in [0.1, 0.15) is 5.56 Å². The van der Waals surface area contributed by atoms with Gasteiger partial charge in [0.15, 0.2) is 0 Å². The van der Waals surface area contributed by atoms with Gasteiger partial charge in [-0.2, -0.15) is 0 Å². The van der Waals surface area contributed by atoms with Gasteiger partial charge < -0.3 is 5.11 Å². The lowest BCUT2D eigenvalue weighted by atomic mass is 10.0. The van der Waals surface area contributed by atoms with Crippen LogP contribution >= 0.6 is 0 Å². The zero-order valence-electron chi connectivity index (χ0n) is 12.7.